The van der Waals surface area contributed by atoms with E-state index in [1.807, 2.05) is 30.3 Å². The number of hydrogen-bond donors (Lipinski definition) is 0. The van der Waals surface area contributed by atoms with Crippen LogP contribution in [-0.4, -0.2) is 28.1 Å². The molecule has 3 aromatic rings. The minimum atomic E-state index is -4.86. The van der Waals surface area contributed by atoms with Crippen LogP contribution in [0.15, 0.2) is 60.8 Å². The zero-order valence-corrected chi connectivity index (χ0v) is 20.7. The van der Waals surface area contributed by atoms with Gasteiger partial charge in [-0.1, -0.05) is 30.3 Å². The van der Waals surface area contributed by atoms with Crippen LogP contribution < -0.4 is 14.5 Å². The van der Waals surface area contributed by atoms with Gasteiger partial charge in [-0.15, -0.1) is 0 Å². The van der Waals surface area contributed by atoms with Crippen LogP contribution in [0.3, 0.4) is 0 Å². The first-order chi connectivity index (χ1) is 18.2. The molecule has 5 rings (SSSR count). The summed E-state index contributed by atoms with van der Waals surface area (Å²) in [4.78, 5) is 19.6. The summed E-state index contributed by atoms with van der Waals surface area (Å²) in [5, 5.41) is 8.96. The van der Waals surface area contributed by atoms with Gasteiger partial charge in [0.15, 0.2) is 22.4 Å². The van der Waals surface area contributed by atoms with E-state index in [4.69, 9.17) is 22.2 Å². The number of anilines is 2. The maximum atomic E-state index is 15.1. The maximum Gasteiger partial charge on any atom is 0.419 e. The first kappa shape index (κ1) is 25.6. The number of nitriles is 1. The third-order valence-electron chi connectivity index (χ3n) is 6.80. The second-order valence-corrected chi connectivity index (χ2v) is 9.41. The molecule has 0 unspecified atom stereocenters. The molecule has 2 fully saturated rings. The van der Waals surface area contributed by atoms with Crippen molar-refractivity contribution in [1.82, 2.24) is 4.98 Å². The predicted octanol–water partition coefficient (Wildman–Crippen LogP) is 5.79. The standard InChI is InChI=1S/C27H20F4N4O2S/c28-21-14-18(7-8-23(21)37-12-9-17-5-2-1-3-6-17)35-25(38)34(24(36)26(35)10-4-11-26)19-13-20(27(29,30)31)22(15-32)33-16-19/h1-3,5-8,13-14,16H,4,9-12H2. The molecule has 1 aliphatic carbocycles. The molecule has 1 saturated carbocycles. The Morgan fingerprint density at radius 1 is 1.11 bits per heavy atom. The number of benzene rings is 2. The number of hydrogen-bond acceptors (Lipinski definition) is 5. The molecule has 0 bridgehead atoms. The first-order valence-electron chi connectivity index (χ1n) is 11.8. The van der Waals surface area contributed by atoms with Crippen molar-refractivity contribution < 1.29 is 27.1 Å². The van der Waals surface area contributed by atoms with Crippen LogP contribution in [0.25, 0.3) is 0 Å². The third-order valence-corrected chi connectivity index (χ3v) is 7.17. The highest BCUT2D eigenvalue weighted by Gasteiger charge is 2.59. The van der Waals surface area contributed by atoms with Crippen molar-refractivity contribution in [3.8, 4) is 11.8 Å². The molecule has 194 valence electrons. The van der Waals surface area contributed by atoms with E-state index >= 15 is 4.39 Å². The summed E-state index contributed by atoms with van der Waals surface area (Å²) < 4.78 is 61.3. The van der Waals surface area contributed by atoms with E-state index < -0.39 is 34.7 Å². The second kappa shape index (κ2) is 9.68. The lowest BCUT2D eigenvalue weighted by Crippen LogP contribution is -2.55. The molecular formula is C27H20F4N4O2S. The smallest absolute Gasteiger partial charge is 0.419 e. The lowest BCUT2D eigenvalue weighted by Gasteiger charge is -2.43. The number of carbonyl (C=O) groups excluding carboxylic acids is 1. The number of rotatable bonds is 6. The molecule has 6 nitrogen and oxygen atoms in total. The third kappa shape index (κ3) is 4.35. The molecule has 2 heterocycles. The highest BCUT2D eigenvalue weighted by Crippen LogP contribution is 2.48. The van der Waals surface area contributed by atoms with E-state index in [9.17, 15) is 18.0 Å². The lowest BCUT2D eigenvalue weighted by atomic mass is 9.75. The predicted molar refractivity (Wildman–Crippen MR) is 135 cm³/mol. The molecule has 0 N–H and O–H groups in total. The van der Waals surface area contributed by atoms with Crippen molar-refractivity contribution in [1.29, 1.82) is 5.26 Å². The minimum Gasteiger partial charge on any atom is -0.490 e. The van der Waals surface area contributed by atoms with E-state index in [1.54, 1.807) is 6.07 Å². The zero-order valence-electron chi connectivity index (χ0n) is 19.8. The number of alkyl halides is 3. The van der Waals surface area contributed by atoms with Crippen LogP contribution >= 0.6 is 12.2 Å². The van der Waals surface area contributed by atoms with Gasteiger partial charge in [0.25, 0.3) is 5.91 Å². The maximum absolute atomic E-state index is 15.1. The number of ether oxygens (including phenoxy) is 1. The SMILES string of the molecule is N#Cc1ncc(N2C(=O)C3(CCC3)N(c3ccc(OCCc4ccccc4)c(F)c3)C2=S)cc1C(F)(F)F. The molecule has 11 heteroatoms. The Labute approximate surface area is 221 Å². The van der Waals surface area contributed by atoms with Crippen molar-refractivity contribution in [2.24, 2.45) is 0 Å². The number of nitrogens with zero attached hydrogens (tertiary/aromatic N) is 4. The van der Waals surface area contributed by atoms with E-state index in [-0.39, 0.29) is 28.8 Å². The first-order valence-corrected chi connectivity index (χ1v) is 12.2. The van der Waals surface area contributed by atoms with E-state index in [2.05, 4.69) is 4.98 Å². The Morgan fingerprint density at radius 3 is 2.45 bits per heavy atom. The molecule has 1 aliphatic heterocycles. The molecule has 1 amide bonds. The number of thiocarbonyl (C=S) groups is 1. The Morgan fingerprint density at radius 2 is 1.84 bits per heavy atom. The zero-order chi connectivity index (χ0) is 27.1. The van der Waals surface area contributed by atoms with E-state index in [1.165, 1.54) is 23.1 Å². The largest absolute Gasteiger partial charge is 0.490 e. The molecular weight excluding hydrogens is 520 g/mol. The van der Waals surface area contributed by atoms with Gasteiger partial charge < -0.3 is 9.64 Å². The number of halogens is 4. The van der Waals surface area contributed by atoms with Crippen LogP contribution in [0.1, 0.15) is 36.1 Å². The summed E-state index contributed by atoms with van der Waals surface area (Å²) in [6, 6.07) is 15.9. The van der Waals surface area contributed by atoms with Crippen LogP contribution in [0, 0.1) is 17.1 Å². The fourth-order valence-corrected chi connectivity index (χ4v) is 5.23. The average molecular weight is 541 g/mol. The summed E-state index contributed by atoms with van der Waals surface area (Å²) in [5.74, 6) is -1.14. The molecule has 0 radical (unpaired) electrons. The van der Waals surface area contributed by atoms with Crippen LogP contribution in [-0.2, 0) is 17.4 Å². The van der Waals surface area contributed by atoms with Gasteiger partial charge in [-0.2, -0.15) is 18.4 Å². The van der Waals surface area contributed by atoms with Gasteiger partial charge in [0.05, 0.1) is 24.1 Å². The Kier molecular flexibility index (Phi) is 6.53. The monoisotopic (exact) mass is 540 g/mol. The van der Waals surface area contributed by atoms with Gasteiger partial charge in [-0.05, 0) is 55.2 Å². The molecule has 2 aliphatic rings. The summed E-state index contributed by atoms with van der Waals surface area (Å²) in [7, 11) is 0. The average Bonchev–Trinajstić information content (AvgIpc) is 3.11. The Hall–Kier alpha value is -4.04. The quantitative estimate of drug-likeness (QED) is 0.291. The number of aromatic nitrogens is 1. The van der Waals surface area contributed by atoms with E-state index in [0.717, 1.165) is 16.7 Å². The highest BCUT2D eigenvalue weighted by atomic mass is 32.1. The van der Waals surface area contributed by atoms with Crippen molar-refractivity contribution in [2.75, 3.05) is 16.4 Å². The number of amides is 1. The fraction of sp³-hybridized carbons (Fsp3) is 0.259. The summed E-state index contributed by atoms with van der Waals surface area (Å²) in [6.45, 7) is 0.256. The van der Waals surface area contributed by atoms with Gasteiger partial charge in [0, 0.05) is 18.2 Å². The van der Waals surface area contributed by atoms with Crippen molar-refractivity contribution >= 4 is 34.6 Å². The van der Waals surface area contributed by atoms with Crippen molar-refractivity contribution in [3.05, 3.63) is 83.4 Å². The van der Waals surface area contributed by atoms with Gasteiger partial charge in [-0.25, -0.2) is 9.37 Å². The van der Waals surface area contributed by atoms with Gasteiger partial charge in [0.2, 0.25) is 0 Å². The molecule has 38 heavy (non-hydrogen) atoms. The molecule has 1 spiro atoms. The molecule has 0 atom stereocenters. The normalized spacial score (nSPS) is 16.5. The Bertz CT molecular complexity index is 1450. The van der Waals surface area contributed by atoms with Gasteiger partial charge in [0.1, 0.15) is 11.6 Å². The summed E-state index contributed by atoms with van der Waals surface area (Å²) >= 11 is 5.55. The Balaban J connectivity index is 1.43. The van der Waals surface area contributed by atoms with E-state index in [0.29, 0.717) is 31.7 Å². The minimum absolute atomic E-state index is 0.0340. The number of carbonyl (C=O) groups is 1. The fourth-order valence-electron chi connectivity index (χ4n) is 4.76. The highest BCUT2D eigenvalue weighted by molar-refractivity contribution is 7.81. The number of pyridine rings is 1. The van der Waals surface area contributed by atoms with Gasteiger partial charge >= 0.3 is 6.18 Å². The van der Waals surface area contributed by atoms with Crippen LogP contribution in [0.2, 0.25) is 0 Å². The topological polar surface area (TPSA) is 69.5 Å². The lowest BCUT2D eigenvalue weighted by molar-refractivity contribution is -0.138. The molecule has 1 aromatic heterocycles. The molecule has 2 aromatic carbocycles. The second-order valence-electron chi connectivity index (χ2n) is 9.04. The van der Waals surface area contributed by atoms with Crippen LogP contribution in [0.5, 0.6) is 5.75 Å². The van der Waals surface area contributed by atoms with Crippen molar-refractivity contribution in [3.63, 3.8) is 0 Å². The molecule has 1 saturated heterocycles. The van der Waals surface area contributed by atoms with Crippen molar-refractivity contribution in [2.45, 2.75) is 37.4 Å². The summed E-state index contributed by atoms with van der Waals surface area (Å²) in [5.41, 5.74) is -2.08. The van der Waals surface area contributed by atoms with Gasteiger partial charge in [-0.3, -0.25) is 9.69 Å². The van der Waals surface area contributed by atoms with Crippen LogP contribution in [0.4, 0.5) is 28.9 Å². The summed E-state index contributed by atoms with van der Waals surface area (Å²) in [6.07, 6.45) is -1.76.